The number of nitrogens with zero attached hydrogens (tertiary/aromatic N) is 2. The highest BCUT2D eigenvalue weighted by molar-refractivity contribution is 8.15. The average Bonchev–Trinajstić information content (AvgIpc) is 3.00. The number of halogens is 1. The van der Waals surface area contributed by atoms with Crippen LogP contribution in [-0.2, 0) is 28.7 Å². The molecule has 0 aliphatic rings. The number of primary sulfonamides is 1. The minimum Gasteiger partial charge on any atom is -0.302 e. The second kappa shape index (κ2) is 9.23. The molecule has 2 amide bonds. The number of carbonyl (C=O) groups excluding carboxylic acids is 2. The molecule has 0 aliphatic heterocycles. The number of hydrogen-bond acceptors (Lipinski definition) is 10. The van der Waals surface area contributed by atoms with E-state index in [1.54, 1.807) is 0 Å². The first-order valence-corrected chi connectivity index (χ1v) is 12.6. The molecule has 0 spiro atoms. The molecule has 0 unspecified atom stereocenters. The Labute approximate surface area is 173 Å². The predicted molar refractivity (Wildman–Crippen MR) is 107 cm³/mol. The monoisotopic (exact) mass is 489 g/mol. The van der Waals surface area contributed by atoms with E-state index in [1.165, 1.54) is 27.7 Å². The Morgan fingerprint density at radius 3 is 1.50 bits per heavy atom. The number of aryl methyl sites for hydroxylation is 2. The highest BCUT2D eigenvalue weighted by Gasteiger charge is 2.19. The molecule has 156 valence electrons. The molecule has 0 bridgehead atoms. The number of sulfonamides is 1. The van der Waals surface area contributed by atoms with Crippen LogP contribution >= 0.6 is 33.4 Å². The maximum absolute atomic E-state index is 11.0. The zero-order valence-corrected chi connectivity index (χ0v) is 19.0. The Balaban J connectivity index is 0.000000280. The highest BCUT2D eigenvalue weighted by Crippen LogP contribution is 2.29. The predicted octanol–water partition coefficient (Wildman–Crippen LogP) is 1.39. The van der Waals surface area contributed by atoms with E-state index in [0.29, 0.717) is 5.69 Å². The van der Waals surface area contributed by atoms with Crippen LogP contribution in [-0.4, -0.2) is 38.6 Å². The SMILES string of the molecule is CC(=O)Nc1nc(C)c(S(=O)(=O)Cl)s1.CC(=O)Nc1nc(C)c(S(N)(=O)=O)s1. The number of nitrogens with two attached hydrogens (primary N) is 1. The average molecular weight is 490 g/mol. The van der Waals surface area contributed by atoms with Crippen molar-refractivity contribution in [3.8, 4) is 0 Å². The first-order chi connectivity index (χ1) is 12.6. The maximum Gasteiger partial charge on any atom is 0.272 e. The molecular formula is C12H16ClN5O6S4. The Kier molecular flexibility index (Phi) is 8.04. The van der Waals surface area contributed by atoms with Crippen LogP contribution in [0.4, 0.5) is 10.3 Å². The normalized spacial score (nSPS) is 11.4. The van der Waals surface area contributed by atoms with Gasteiger partial charge < -0.3 is 10.6 Å². The second-order valence-corrected chi connectivity index (χ2v) is 11.6. The molecule has 2 aromatic heterocycles. The van der Waals surface area contributed by atoms with Gasteiger partial charge in [-0.3, -0.25) is 9.59 Å². The molecule has 0 radical (unpaired) electrons. The molecule has 4 N–H and O–H groups in total. The summed E-state index contributed by atoms with van der Waals surface area (Å²) in [4.78, 5) is 29.0. The standard InChI is InChI=1S/C6H7ClN2O3S2.C6H9N3O3S2/c2*1-3-5(14(7,11)12)13-6(8-3)9-4(2)10/h1-2H3,(H,8,9,10);1-2H3,(H2,7,11,12)(H,8,9,10). The zero-order chi connectivity index (χ0) is 21.9. The van der Waals surface area contributed by atoms with Crippen molar-refractivity contribution >= 4 is 74.5 Å². The Hall–Kier alpha value is -1.65. The molecular weight excluding hydrogens is 474 g/mol. The molecule has 11 nitrogen and oxygen atoms in total. The van der Waals surface area contributed by atoms with Gasteiger partial charge in [0.15, 0.2) is 18.7 Å². The lowest BCUT2D eigenvalue weighted by Gasteiger charge is -1.92. The number of aromatic nitrogens is 2. The number of amides is 2. The topological polar surface area (TPSA) is 178 Å². The molecule has 2 aromatic rings. The van der Waals surface area contributed by atoms with Crippen molar-refractivity contribution in [2.75, 3.05) is 10.6 Å². The number of hydrogen-bond donors (Lipinski definition) is 3. The maximum atomic E-state index is 11.0. The Bertz CT molecular complexity index is 1020. The third kappa shape index (κ3) is 7.40. The van der Waals surface area contributed by atoms with Crippen LogP contribution in [0.5, 0.6) is 0 Å². The summed E-state index contributed by atoms with van der Waals surface area (Å²) in [5, 5.41) is 10.2. The summed E-state index contributed by atoms with van der Waals surface area (Å²) < 4.78 is 43.9. The Morgan fingerprint density at radius 2 is 1.25 bits per heavy atom. The quantitative estimate of drug-likeness (QED) is 0.539. The van der Waals surface area contributed by atoms with Gasteiger partial charge in [0.2, 0.25) is 21.8 Å². The van der Waals surface area contributed by atoms with Gasteiger partial charge in [-0.05, 0) is 13.8 Å². The Morgan fingerprint density at radius 1 is 0.893 bits per heavy atom. The summed E-state index contributed by atoms with van der Waals surface area (Å²) in [5.74, 6) is -0.614. The summed E-state index contributed by atoms with van der Waals surface area (Å²) in [6.45, 7) is 5.65. The van der Waals surface area contributed by atoms with E-state index in [9.17, 15) is 26.4 Å². The molecule has 0 atom stereocenters. The van der Waals surface area contributed by atoms with Crippen molar-refractivity contribution in [2.24, 2.45) is 5.14 Å². The van der Waals surface area contributed by atoms with E-state index in [4.69, 9.17) is 15.8 Å². The molecule has 2 rings (SSSR count). The lowest BCUT2D eigenvalue weighted by atomic mass is 10.6. The third-order valence-corrected chi connectivity index (χ3v) is 8.43. The van der Waals surface area contributed by atoms with Gasteiger partial charge in [-0.1, -0.05) is 22.7 Å². The van der Waals surface area contributed by atoms with Gasteiger partial charge >= 0.3 is 0 Å². The minimum absolute atomic E-state index is 0.0266. The summed E-state index contributed by atoms with van der Waals surface area (Å²) in [5.41, 5.74) is 0.579. The molecule has 0 saturated carbocycles. The van der Waals surface area contributed by atoms with E-state index in [2.05, 4.69) is 20.6 Å². The smallest absolute Gasteiger partial charge is 0.272 e. The molecule has 28 heavy (non-hydrogen) atoms. The van der Waals surface area contributed by atoms with Gasteiger partial charge in [0, 0.05) is 24.5 Å². The molecule has 0 aliphatic carbocycles. The van der Waals surface area contributed by atoms with E-state index < -0.39 is 19.1 Å². The van der Waals surface area contributed by atoms with Crippen LogP contribution < -0.4 is 15.8 Å². The lowest BCUT2D eigenvalue weighted by molar-refractivity contribution is -0.115. The van der Waals surface area contributed by atoms with Crippen molar-refractivity contribution in [3.05, 3.63) is 11.4 Å². The third-order valence-electron chi connectivity index (χ3n) is 2.55. The van der Waals surface area contributed by atoms with E-state index in [0.717, 1.165) is 22.7 Å². The fraction of sp³-hybridized carbons (Fsp3) is 0.333. The van der Waals surface area contributed by atoms with Crippen LogP contribution in [0.3, 0.4) is 0 Å². The van der Waals surface area contributed by atoms with Gasteiger partial charge in [-0.25, -0.2) is 31.9 Å². The van der Waals surface area contributed by atoms with Gasteiger partial charge in [0.05, 0.1) is 11.4 Å². The van der Waals surface area contributed by atoms with E-state index in [-0.39, 0.29) is 36.2 Å². The van der Waals surface area contributed by atoms with Crippen molar-refractivity contribution in [1.29, 1.82) is 0 Å². The molecule has 0 saturated heterocycles. The van der Waals surface area contributed by atoms with Crippen LogP contribution in [0.15, 0.2) is 8.42 Å². The van der Waals surface area contributed by atoms with Crippen molar-refractivity contribution in [3.63, 3.8) is 0 Å². The lowest BCUT2D eigenvalue weighted by Crippen LogP contribution is -2.11. The van der Waals surface area contributed by atoms with Crippen molar-refractivity contribution in [1.82, 2.24) is 9.97 Å². The van der Waals surface area contributed by atoms with Crippen LogP contribution in [0.2, 0.25) is 0 Å². The van der Waals surface area contributed by atoms with Gasteiger partial charge in [-0.15, -0.1) is 0 Å². The van der Waals surface area contributed by atoms with E-state index in [1.807, 2.05) is 0 Å². The first-order valence-electron chi connectivity index (χ1n) is 7.08. The number of rotatable bonds is 4. The van der Waals surface area contributed by atoms with Crippen LogP contribution in [0, 0.1) is 13.8 Å². The minimum atomic E-state index is -3.77. The molecule has 2 heterocycles. The van der Waals surface area contributed by atoms with Crippen LogP contribution in [0.25, 0.3) is 0 Å². The molecule has 16 heteroatoms. The largest absolute Gasteiger partial charge is 0.302 e. The number of thiazole rings is 2. The second-order valence-electron chi connectivity index (χ2n) is 5.13. The molecule has 0 fully saturated rings. The van der Waals surface area contributed by atoms with E-state index >= 15 is 0 Å². The van der Waals surface area contributed by atoms with Crippen molar-refractivity contribution < 1.29 is 26.4 Å². The van der Waals surface area contributed by atoms with Gasteiger partial charge in [-0.2, -0.15) is 0 Å². The fourth-order valence-electron chi connectivity index (χ4n) is 1.66. The summed E-state index contributed by atoms with van der Waals surface area (Å²) in [7, 11) is -2.37. The van der Waals surface area contributed by atoms with Crippen molar-refractivity contribution in [2.45, 2.75) is 36.1 Å². The molecule has 0 aromatic carbocycles. The van der Waals surface area contributed by atoms with Crippen LogP contribution in [0.1, 0.15) is 25.2 Å². The fourth-order valence-corrected chi connectivity index (χ4v) is 5.97. The summed E-state index contributed by atoms with van der Waals surface area (Å²) in [6, 6.07) is 0. The summed E-state index contributed by atoms with van der Waals surface area (Å²) in [6.07, 6.45) is 0. The number of carbonyl (C=O) groups is 2. The summed E-state index contributed by atoms with van der Waals surface area (Å²) >= 11 is 1.67. The number of nitrogens with one attached hydrogen (secondary N) is 2. The first kappa shape index (κ1) is 24.4. The van der Waals surface area contributed by atoms with Gasteiger partial charge in [0.25, 0.3) is 9.05 Å². The van der Waals surface area contributed by atoms with Gasteiger partial charge in [0.1, 0.15) is 0 Å². The zero-order valence-electron chi connectivity index (χ0n) is 14.9. The highest BCUT2D eigenvalue weighted by atomic mass is 35.7. The number of anilines is 2.